The summed E-state index contributed by atoms with van der Waals surface area (Å²) >= 11 is 0. The Balaban J connectivity index is 1.73. The summed E-state index contributed by atoms with van der Waals surface area (Å²) < 4.78 is 0. The van der Waals surface area contributed by atoms with Gasteiger partial charge in [0.2, 0.25) is 5.91 Å². The summed E-state index contributed by atoms with van der Waals surface area (Å²) in [5.74, 6) is 0.283. The maximum atomic E-state index is 11.9. The average molecular weight is 211 g/mol. The summed E-state index contributed by atoms with van der Waals surface area (Å²) in [6, 6.07) is 0. The molecule has 0 saturated carbocycles. The van der Waals surface area contributed by atoms with E-state index in [4.69, 9.17) is 5.73 Å². The number of hydrogen-bond acceptors (Lipinski definition) is 3. The van der Waals surface area contributed by atoms with E-state index in [1.54, 1.807) is 0 Å². The minimum absolute atomic E-state index is 0.0673. The van der Waals surface area contributed by atoms with Gasteiger partial charge in [0.05, 0.1) is 6.54 Å². The summed E-state index contributed by atoms with van der Waals surface area (Å²) in [6.07, 6.45) is 3.61. The number of carbonyl (C=O) groups excluding carboxylic acids is 1. The smallest absolute Gasteiger partial charge is 0.236 e. The average Bonchev–Trinajstić information content (AvgIpc) is 2.16. The van der Waals surface area contributed by atoms with Gasteiger partial charge in [-0.3, -0.25) is 9.69 Å². The molecule has 2 rings (SSSR count). The lowest BCUT2D eigenvalue weighted by atomic mass is 9.94. The van der Waals surface area contributed by atoms with Crippen LogP contribution in [-0.4, -0.2) is 54.0 Å². The number of nitrogens with two attached hydrogens (primary N) is 1. The number of amides is 1. The van der Waals surface area contributed by atoms with Gasteiger partial charge in [-0.1, -0.05) is 0 Å². The Morgan fingerprint density at radius 1 is 1.27 bits per heavy atom. The lowest BCUT2D eigenvalue weighted by Crippen LogP contribution is -2.66. The van der Waals surface area contributed by atoms with Gasteiger partial charge in [-0.2, -0.15) is 0 Å². The van der Waals surface area contributed by atoms with Crippen LogP contribution in [0.3, 0.4) is 0 Å². The van der Waals surface area contributed by atoms with Crippen LogP contribution in [0.15, 0.2) is 0 Å². The molecule has 0 aliphatic carbocycles. The van der Waals surface area contributed by atoms with Crippen LogP contribution in [0.1, 0.15) is 26.2 Å². The third-order valence-electron chi connectivity index (χ3n) is 3.24. The Morgan fingerprint density at radius 2 is 1.87 bits per heavy atom. The van der Waals surface area contributed by atoms with Crippen molar-refractivity contribution in [3.63, 3.8) is 0 Å². The predicted molar refractivity (Wildman–Crippen MR) is 59.5 cm³/mol. The van der Waals surface area contributed by atoms with Crippen molar-refractivity contribution in [3.05, 3.63) is 0 Å². The molecule has 2 saturated heterocycles. The van der Waals surface area contributed by atoms with Gasteiger partial charge in [0.1, 0.15) is 0 Å². The zero-order valence-electron chi connectivity index (χ0n) is 9.54. The first-order valence-electron chi connectivity index (χ1n) is 5.86. The Bertz CT molecular complexity index is 238. The Morgan fingerprint density at radius 3 is 2.40 bits per heavy atom. The van der Waals surface area contributed by atoms with Gasteiger partial charge in [-0.25, -0.2) is 0 Å². The molecule has 0 spiro atoms. The van der Waals surface area contributed by atoms with Gasteiger partial charge >= 0.3 is 0 Å². The molecule has 0 radical (unpaired) electrons. The fourth-order valence-electron chi connectivity index (χ4n) is 2.52. The van der Waals surface area contributed by atoms with E-state index in [0.29, 0.717) is 6.54 Å². The van der Waals surface area contributed by atoms with Crippen molar-refractivity contribution in [3.8, 4) is 0 Å². The van der Waals surface area contributed by atoms with E-state index in [2.05, 4.69) is 4.90 Å². The van der Waals surface area contributed by atoms with Gasteiger partial charge in [-0.15, -0.1) is 0 Å². The van der Waals surface area contributed by atoms with Crippen molar-refractivity contribution in [2.24, 2.45) is 5.73 Å². The van der Waals surface area contributed by atoms with Crippen molar-refractivity contribution in [2.45, 2.75) is 31.7 Å². The Hall–Kier alpha value is -0.610. The highest BCUT2D eigenvalue weighted by molar-refractivity contribution is 5.78. The van der Waals surface area contributed by atoms with Crippen molar-refractivity contribution in [1.29, 1.82) is 0 Å². The maximum absolute atomic E-state index is 11.9. The molecule has 0 aromatic carbocycles. The molecule has 4 nitrogen and oxygen atoms in total. The van der Waals surface area contributed by atoms with Crippen LogP contribution in [0, 0.1) is 0 Å². The topological polar surface area (TPSA) is 49.6 Å². The molecule has 4 heteroatoms. The SMILES string of the molecule is CC1(N)CN(CC(=O)N2CCCCC2)C1. The summed E-state index contributed by atoms with van der Waals surface area (Å²) in [7, 11) is 0. The number of piperidine rings is 1. The first kappa shape index (κ1) is 10.9. The predicted octanol–water partition coefficient (Wildman–Crippen LogP) is 0.0319. The van der Waals surface area contributed by atoms with E-state index < -0.39 is 0 Å². The lowest BCUT2D eigenvalue weighted by Gasteiger charge is -2.45. The molecule has 2 heterocycles. The standard InChI is InChI=1S/C11H21N3O/c1-11(12)8-13(9-11)7-10(15)14-5-3-2-4-6-14/h2-9,12H2,1H3. The first-order valence-corrected chi connectivity index (χ1v) is 5.86. The fraction of sp³-hybridized carbons (Fsp3) is 0.909. The van der Waals surface area contributed by atoms with Crippen LogP contribution in [0.2, 0.25) is 0 Å². The largest absolute Gasteiger partial charge is 0.342 e. The monoisotopic (exact) mass is 211 g/mol. The maximum Gasteiger partial charge on any atom is 0.236 e. The second-order valence-corrected chi connectivity index (χ2v) is 5.24. The number of hydrogen-bond donors (Lipinski definition) is 1. The van der Waals surface area contributed by atoms with Crippen LogP contribution >= 0.6 is 0 Å². The van der Waals surface area contributed by atoms with E-state index in [9.17, 15) is 4.79 Å². The number of nitrogens with zero attached hydrogens (tertiary/aromatic N) is 2. The second kappa shape index (κ2) is 4.10. The summed E-state index contributed by atoms with van der Waals surface area (Å²) in [5.41, 5.74) is 5.83. The highest BCUT2D eigenvalue weighted by atomic mass is 16.2. The molecule has 0 unspecified atom stereocenters. The second-order valence-electron chi connectivity index (χ2n) is 5.24. The van der Waals surface area contributed by atoms with Gasteiger partial charge in [0.15, 0.2) is 0 Å². The first-order chi connectivity index (χ1) is 7.07. The Labute approximate surface area is 91.4 Å². The van der Waals surface area contributed by atoms with Crippen molar-refractivity contribution in [2.75, 3.05) is 32.7 Å². The van der Waals surface area contributed by atoms with Crippen molar-refractivity contribution >= 4 is 5.91 Å². The zero-order chi connectivity index (χ0) is 10.9. The quantitative estimate of drug-likeness (QED) is 0.701. The third-order valence-corrected chi connectivity index (χ3v) is 3.24. The molecule has 0 aromatic rings. The highest BCUT2D eigenvalue weighted by Crippen LogP contribution is 2.17. The third kappa shape index (κ3) is 2.69. The Kier molecular flexibility index (Phi) is 2.98. The van der Waals surface area contributed by atoms with E-state index in [-0.39, 0.29) is 11.4 Å². The molecule has 2 aliphatic heterocycles. The number of likely N-dealkylation sites (tertiary alicyclic amines) is 2. The minimum Gasteiger partial charge on any atom is -0.342 e. The molecule has 2 N–H and O–H groups in total. The molecule has 0 aromatic heterocycles. The normalized spacial score (nSPS) is 26.1. The molecule has 0 atom stereocenters. The van der Waals surface area contributed by atoms with Gasteiger partial charge < -0.3 is 10.6 Å². The summed E-state index contributed by atoms with van der Waals surface area (Å²) in [5, 5.41) is 0. The molecule has 2 fully saturated rings. The zero-order valence-corrected chi connectivity index (χ0v) is 9.54. The van der Waals surface area contributed by atoms with Crippen LogP contribution in [-0.2, 0) is 4.79 Å². The van der Waals surface area contributed by atoms with Crippen molar-refractivity contribution < 1.29 is 4.79 Å². The number of rotatable bonds is 2. The molecule has 86 valence electrons. The van der Waals surface area contributed by atoms with Crippen molar-refractivity contribution in [1.82, 2.24) is 9.80 Å². The molecule has 15 heavy (non-hydrogen) atoms. The van der Waals surface area contributed by atoms with Gasteiger partial charge in [-0.05, 0) is 26.2 Å². The van der Waals surface area contributed by atoms with Gasteiger partial charge in [0.25, 0.3) is 0 Å². The summed E-state index contributed by atoms with van der Waals surface area (Å²) in [6.45, 7) is 6.21. The molecule has 1 amide bonds. The van der Waals surface area contributed by atoms with E-state index >= 15 is 0 Å². The molecular formula is C11H21N3O. The van der Waals surface area contributed by atoms with Crippen LogP contribution in [0.4, 0.5) is 0 Å². The van der Waals surface area contributed by atoms with E-state index in [1.807, 2.05) is 11.8 Å². The van der Waals surface area contributed by atoms with E-state index in [1.165, 1.54) is 19.3 Å². The van der Waals surface area contributed by atoms with Crippen LogP contribution < -0.4 is 5.73 Å². The van der Waals surface area contributed by atoms with Gasteiger partial charge in [0, 0.05) is 31.7 Å². The minimum atomic E-state index is -0.0673. The molecular weight excluding hydrogens is 190 g/mol. The fourth-order valence-corrected chi connectivity index (χ4v) is 2.52. The van der Waals surface area contributed by atoms with Crippen LogP contribution in [0.25, 0.3) is 0 Å². The molecule has 2 aliphatic rings. The van der Waals surface area contributed by atoms with E-state index in [0.717, 1.165) is 26.2 Å². The number of carbonyl (C=O) groups is 1. The lowest BCUT2D eigenvalue weighted by molar-refractivity contribution is -0.135. The summed E-state index contributed by atoms with van der Waals surface area (Å²) in [4.78, 5) is 16.0. The van der Waals surface area contributed by atoms with Crippen LogP contribution in [0.5, 0.6) is 0 Å². The highest BCUT2D eigenvalue weighted by Gasteiger charge is 2.36. The molecule has 0 bridgehead atoms.